The van der Waals surface area contributed by atoms with E-state index in [2.05, 4.69) is 15.6 Å². The Kier molecular flexibility index (Phi) is 5.81. The Morgan fingerprint density at radius 3 is 2.72 bits per heavy atom. The summed E-state index contributed by atoms with van der Waals surface area (Å²) in [5.74, 6) is 1.35. The third-order valence-electron chi connectivity index (χ3n) is 6.97. The van der Waals surface area contributed by atoms with Crippen LogP contribution in [0.5, 0.6) is 11.5 Å². The first-order chi connectivity index (χ1) is 17.5. The summed E-state index contributed by atoms with van der Waals surface area (Å²) in [6, 6.07) is 16.6. The molecule has 4 N–H and O–H groups in total. The van der Waals surface area contributed by atoms with Crippen molar-refractivity contribution in [3.8, 4) is 11.5 Å². The number of thioether (sulfide) groups is 1. The summed E-state index contributed by atoms with van der Waals surface area (Å²) in [6.45, 7) is 1.95. The van der Waals surface area contributed by atoms with E-state index in [4.69, 9.17) is 10.5 Å². The molecule has 3 aliphatic rings. The van der Waals surface area contributed by atoms with Gasteiger partial charge in [0.05, 0.1) is 17.4 Å². The minimum atomic E-state index is -0.473. The molecule has 1 aliphatic carbocycles. The van der Waals surface area contributed by atoms with Gasteiger partial charge in [0.25, 0.3) is 0 Å². The summed E-state index contributed by atoms with van der Waals surface area (Å²) >= 11 is 1.41. The maximum absolute atomic E-state index is 13.4. The SMILES string of the molecule is Cc1cc(Oc2ccccc2)ccc1N1C(=O)NC2c3c1ccnc3SC2C(=O)N[C@H]1CC[C@@H](N)C1. The molecule has 0 bridgehead atoms. The Labute approximate surface area is 213 Å². The fourth-order valence-corrected chi connectivity index (χ4v) is 6.50. The van der Waals surface area contributed by atoms with E-state index >= 15 is 0 Å². The summed E-state index contributed by atoms with van der Waals surface area (Å²) in [7, 11) is 0. The normalized spacial score (nSPS) is 24.3. The number of rotatable bonds is 5. The molecule has 9 heteroatoms. The second-order valence-corrected chi connectivity index (χ2v) is 10.6. The standard InChI is InChI=1S/C27H27N5O3S/c1-15-13-19(35-18-5-3-2-4-6-18)9-10-20(15)32-21-11-12-29-26-22(21)23(31-27(32)34)24(36-26)25(33)30-17-8-7-16(28)14-17/h2-6,9-13,16-17,23-24H,7-8,14,28H2,1H3,(H,30,33)(H,31,34)/t16-,17+,23?,24?/m1/s1. The van der Waals surface area contributed by atoms with Gasteiger partial charge in [-0.2, -0.15) is 0 Å². The van der Waals surface area contributed by atoms with E-state index in [1.54, 1.807) is 11.1 Å². The van der Waals surface area contributed by atoms with E-state index in [-0.39, 0.29) is 24.0 Å². The van der Waals surface area contributed by atoms with E-state index < -0.39 is 11.3 Å². The smallest absolute Gasteiger partial charge is 0.327 e. The number of hydrogen-bond donors (Lipinski definition) is 3. The Bertz CT molecular complexity index is 1330. The first-order valence-electron chi connectivity index (χ1n) is 12.1. The third kappa shape index (κ3) is 4.08. The van der Waals surface area contributed by atoms with Gasteiger partial charge in [-0.15, -0.1) is 0 Å². The zero-order valence-electron chi connectivity index (χ0n) is 19.8. The minimum Gasteiger partial charge on any atom is -0.457 e. The van der Waals surface area contributed by atoms with Gasteiger partial charge in [-0.1, -0.05) is 30.0 Å². The van der Waals surface area contributed by atoms with Crippen molar-refractivity contribution in [3.05, 3.63) is 71.9 Å². The third-order valence-corrected chi connectivity index (χ3v) is 8.26. The van der Waals surface area contributed by atoms with Crippen LogP contribution >= 0.6 is 11.8 Å². The Morgan fingerprint density at radius 2 is 1.97 bits per heavy atom. The van der Waals surface area contributed by atoms with Crippen LogP contribution in [0.3, 0.4) is 0 Å². The maximum atomic E-state index is 13.4. The van der Waals surface area contributed by atoms with E-state index in [0.29, 0.717) is 5.75 Å². The van der Waals surface area contributed by atoms with Gasteiger partial charge in [0.2, 0.25) is 5.91 Å². The number of aromatic nitrogens is 1. The molecule has 2 aromatic carbocycles. The highest BCUT2D eigenvalue weighted by Crippen LogP contribution is 2.51. The lowest BCUT2D eigenvalue weighted by Gasteiger charge is -2.35. The van der Waals surface area contributed by atoms with Crippen molar-refractivity contribution >= 4 is 35.1 Å². The molecular weight excluding hydrogens is 474 g/mol. The van der Waals surface area contributed by atoms with Crippen molar-refractivity contribution in [2.75, 3.05) is 4.90 Å². The quantitative estimate of drug-likeness (QED) is 0.473. The second-order valence-electron chi connectivity index (χ2n) is 9.49. The number of nitrogens with one attached hydrogen (secondary N) is 2. The highest BCUT2D eigenvalue weighted by Gasteiger charge is 2.47. The molecule has 36 heavy (non-hydrogen) atoms. The molecule has 3 amide bonds. The van der Waals surface area contributed by atoms with E-state index in [0.717, 1.165) is 52.5 Å². The van der Waals surface area contributed by atoms with Crippen molar-refractivity contribution in [2.45, 2.75) is 54.6 Å². The topological polar surface area (TPSA) is 110 Å². The average Bonchev–Trinajstić information content (AvgIpc) is 3.44. The lowest BCUT2D eigenvalue weighted by molar-refractivity contribution is -0.121. The number of benzene rings is 2. The summed E-state index contributed by atoms with van der Waals surface area (Å²) in [5.41, 5.74) is 9.29. The van der Waals surface area contributed by atoms with E-state index in [1.165, 1.54) is 11.8 Å². The van der Waals surface area contributed by atoms with E-state index in [1.807, 2.05) is 61.5 Å². The summed E-state index contributed by atoms with van der Waals surface area (Å²) in [6.07, 6.45) is 4.28. The summed E-state index contributed by atoms with van der Waals surface area (Å²) in [5, 5.41) is 6.52. The number of hydrogen-bond acceptors (Lipinski definition) is 6. The lowest BCUT2D eigenvalue weighted by Crippen LogP contribution is -2.50. The molecule has 1 fully saturated rings. The molecular formula is C27H27N5O3S. The molecule has 1 saturated carbocycles. The zero-order valence-corrected chi connectivity index (χ0v) is 20.6. The predicted molar refractivity (Wildman–Crippen MR) is 139 cm³/mol. The predicted octanol–water partition coefficient (Wildman–Crippen LogP) is 4.56. The Balaban J connectivity index is 1.27. The summed E-state index contributed by atoms with van der Waals surface area (Å²) in [4.78, 5) is 32.8. The molecule has 184 valence electrons. The van der Waals surface area contributed by atoms with Gasteiger partial charge in [-0.25, -0.2) is 9.78 Å². The number of carbonyl (C=O) groups is 2. The molecule has 3 aromatic rings. The number of anilines is 2. The number of para-hydroxylation sites is 1. The monoisotopic (exact) mass is 501 g/mol. The fraction of sp³-hybridized carbons (Fsp3) is 0.296. The van der Waals surface area contributed by atoms with Crippen LogP contribution in [-0.4, -0.2) is 34.3 Å². The zero-order chi connectivity index (χ0) is 24.8. The van der Waals surface area contributed by atoms with Crippen LogP contribution in [0.15, 0.2) is 65.8 Å². The van der Waals surface area contributed by atoms with Gasteiger partial charge >= 0.3 is 6.03 Å². The van der Waals surface area contributed by atoms with Gasteiger partial charge < -0.3 is 21.1 Å². The van der Waals surface area contributed by atoms with Gasteiger partial charge in [-0.3, -0.25) is 9.69 Å². The van der Waals surface area contributed by atoms with Crippen molar-refractivity contribution in [2.24, 2.45) is 5.73 Å². The van der Waals surface area contributed by atoms with E-state index in [9.17, 15) is 9.59 Å². The van der Waals surface area contributed by atoms with Crippen LogP contribution in [0, 0.1) is 6.92 Å². The number of nitrogens with zero attached hydrogens (tertiary/aromatic N) is 2. The van der Waals surface area contributed by atoms with Crippen molar-refractivity contribution in [1.29, 1.82) is 0 Å². The molecule has 0 spiro atoms. The number of urea groups is 1. The molecule has 4 atom stereocenters. The summed E-state index contributed by atoms with van der Waals surface area (Å²) < 4.78 is 5.96. The number of amides is 3. The lowest BCUT2D eigenvalue weighted by atomic mass is 9.99. The number of aryl methyl sites for hydroxylation is 1. The largest absolute Gasteiger partial charge is 0.457 e. The average molecular weight is 502 g/mol. The molecule has 2 unspecified atom stereocenters. The molecule has 6 rings (SSSR count). The number of pyridine rings is 1. The fourth-order valence-electron chi connectivity index (χ4n) is 5.26. The molecule has 8 nitrogen and oxygen atoms in total. The van der Waals surface area contributed by atoms with Crippen LogP contribution in [0.1, 0.15) is 36.4 Å². The molecule has 3 heterocycles. The molecule has 1 aromatic heterocycles. The number of ether oxygens (including phenoxy) is 1. The molecule has 2 aliphatic heterocycles. The molecule has 0 saturated heterocycles. The number of carbonyl (C=O) groups excluding carboxylic acids is 2. The Hall–Kier alpha value is -3.56. The van der Waals surface area contributed by atoms with Crippen LogP contribution in [0.25, 0.3) is 0 Å². The second kappa shape index (κ2) is 9.15. The first-order valence-corrected chi connectivity index (χ1v) is 13.0. The van der Waals surface area contributed by atoms with Gasteiger partial charge in [0.15, 0.2) is 0 Å². The van der Waals surface area contributed by atoms with Gasteiger partial charge in [0.1, 0.15) is 21.8 Å². The van der Waals surface area contributed by atoms with Crippen LogP contribution in [0.4, 0.5) is 16.2 Å². The molecule has 0 radical (unpaired) electrons. The van der Waals surface area contributed by atoms with Crippen LogP contribution in [0.2, 0.25) is 0 Å². The Morgan fingerprint density at radius 1 is 1.14 bits per heavy atom. The van der Waals surface area contributed by atoms with Crippen molar-refractivity contribution in [3.63, 3.8) is 0 Å². The van der Waals surface area contributed by atoms with Crippen molar-refractivity contribution < 1.29 is 14.3 Å². The maximum Gasteiger partial charge on any atom is 0.327 e. The number of nitrogens with two attached hydrogens (primary N) is 1. The van der Waals surface area contributed by atoms with Crippen molar-refractivity contribution in [1.82, 2.24) is 15.6 Å². The van der Waals surface area contributed by atoms with Crippen LogP contribution < -0.4 is 26.0 Å². The minimum absolute atomic E-state index is 0.0827. The first kappa shape index (κ1) is 22.9. The highest BCUT2D eigenvalue weighted by atomic mass is 32.2. The highest BCUT2D eigenvalue weighted by molar-refractivity contribution is 8.01. The van der Waals surface area contributed by atoms with Crippen LogP contribution in [-0.2, 0) is 4.79 Å². The van der Waals surface area contributed by atoms with Gasteiger partial charge in [0, 0.05) is 23.8 Å². The van der Waals surface area contributed by atoms with Gasteiger partial charge in [-0.05, 0) is 68.1 Å².